The van der Waals surface area contributed by atoms with Gasteiger partial charge in [0.1, 0.15) is 11.5 Å². The van der Waals surface area contributed by atoms with E-state index >= 15 is 0 Å². The highest BCUT2D eigenvalue weighted by Crippen LogP contribution is 2.25. The monoisotopic (exact) mass is 481 g/mol. The summed E-state index contributed by atoms with van der Waals surface area (Å²) in [6, 6.07) is 26.2. The molecule has 1 aliphatic heterocycles. The highest BCUT2D eigenvalue weighted by molar-refractivity contribution is 6.14. The summed E-state index contributed by atoms with van der Waals surface area (Å²) in [6.07, 6.45) is 4.26. The fourth-order valence-corrected chi connectivity index (χ4v) is 4.30. The average Bonchev–Trinajstić information content (AvgIpc) is 2.84. The summed E-state index contributed by atoms with van der Waals surface area (Å²) < 4.78 is 11.5. The molecule has 0 aromatic heterocycles. The Morgan fingerprint density at radius 2 is 1.14 bits per heavy atom. The number of hydrogen-bond acceptors (Lipinski definition) is 4. The Morgan fingerprint density at radius 1 is 0.694 bits per heavy atom. The van der Waals surface area contributed by atoms with E-state index in [1.165, 1.54) is 5.56 Å². The molecular formula is C32H35NO3. The van der Waals surface area contributed by atoms with Crippen molar-refractivity contribution in [2.45, 2.75) is 46.4 Å². The summed E-state index contributed by atoms with van der Waals surface area (Å²) in [5.41, 5.74) is 4.80. The lowest BCUT2D eigenvalue weighted by Crippen LogP contribution is -2.37. The minimum atomic E-state index is 0.101. The smallest absolute Gasteiger partial charge is 0.187 e. The van der Waals surface area contributed by atoms with Crippen molar-refractivity contribution in [1.29, 1.82) is 0 Å². The van der Waals surface area contributed by atoms with E-state index in [1.807, 2.05) is 94.4 Å². The maximum Gasteiger partial charge on any atom is 0.187 e. The van der Waals surface area contributed by atoms with Crippen molar-refractivity contribution in [3.05, 3.63) is 107 Å². The number of piperidine rings is 1. The van der Waals surface area contributed by atoms with Gasteiger partial charge in [0.2, 0.25) is 0 Å². The van der Waals surface area contributed by atoms with Crippen molar-refractivity contribution < 1.29 is 14.3 Å². The molecule has 0 N–H and O–H groups in total. The maximum absolute atomic E-state index is 13.5. The quantitative estimate of drug-likeness (QED) is 0.331. The molecule has 1 aliphatic rings. The average molecular weight is 482 g/mol. The second-order valence-electron chi connectivity index (χ2n) is 9.77. The number of Topliss-reactive ketones (excluding diaryl/α,β-unsaturated/α-hetero) is 1. The molecule has 1 fully saturated rings. The van der Waals surface area contributed by atoms with Crippen molar-refractivity contribution in [2.24, 2.45) is 0 Å². The van der Waals surface area contributed by atoms with E-state index < -0.39 is 0 Å². The number of carbonyl (C=O) groups is 1. The van der Waals surface area contributed by atoms with E-state index in [4.69, 9.17) is 9.47 Å². The topological polar surface area (TPSA) is 38.8 Å². The summed E-state index contributed by atoms with van der Waals surface area (Å²) in [5, 5.41) is 0. The summed E-state index contributed by atoms with van der Waals surface area (Å²) in [5.74, 6) is 1.76. The van der Waals surface area contributed by atoms with Crippen LogP contribution in [0.1, 0.15) is 44.4 Å². The van der Waals surface area contributed by atoms with E-state index in [0.717, 1.165) is 40.3 Å². The van der Waals surface area contributed by atoms with E-state index in [-0.39, 0.29) is 18.0 Å². The van der Waals surface area contributed by atoms with E-state index in [1.54, 1.807) is 0 Å². The zero-order valence-corrected chi connectivity index (χ0v) is 21.6. The number of ether oxygens (including phenoxy) is 2. The van der Waals surface area contributed by atoms with Crippen molar-refractivity contribution >= 4 is 17.9 Å². The molecule has 36 heavy (non-hydrogen) atoms. The SMILES string of the molecule is CC(C)Oc1ccc(/C=C2\CN(Cc3ccccc3)C/C(=C\c3ccc(OC(C)C)cc3)C2=O)cc1. The Hall–Kier alpha value is -3.63. The highest BCUT2D eigenvalue weighted by Gasteiger charge is 2.26. The molecular weight excluding hydrogens is 446 g/mol. The van der Waals surface area contributed by atoms with Gasteiger partial charge in [0.05, 0.1) is 12.2 Å². The first-order chi connectivity index (χ1) is 17.4. The molecule has 3 aromatic rings. The molecule has 3 aromatic carbocycles. The molecule has 1 heterocycles. The molecule has 4 heteroatoms. The first-order valence-corrected chi connectivity index (χ1v) is 12.6. The largest absolute Gasteiger partial charge is 0.491 e. The normalized spacial score (nSPS) is 16.8. The molecule has 0 spiro atoms. The Bertz CT molecular complexity index is 1130. The second-order valence-corrected chi connectivity index (χ2v) is 9.77. The maximum atomic E-state index is 13.5. The third-order valence-electron chi connectivity index (χ3n) is 5.81. The molecule has 0 radical (unpaired) electrons. The van der Waals surface area contributed by atoms with Crippen LogP contribution in [0.3, 0.4) is 0 Å². The Labute approximate surface area is 214 Å². The van der Waals surface area contributed by atoms with E-state index in [0.29, 0.717) is 13.1 Å². The number of nitrogens with zero attached hydrogens (tertiary/aromatic N) is 1. The first kappa shape index (κ1) is 25.5. The fraction of sp³-hybridized carbons (Fsp3) is 0.281. The molecule has 0 atom stereocenters. The van der Waals surface area contributed by atoms with Crippen molar-refractivity contribution in [3.63, 3.8) is 0 Å². The van der Waals surface area contributed by atoms with Crippen molar-refractivity contribution in [2.75, 3.05) is 13.1 Å². The zero-order valence-electron chi connectivity index (χ0n) is 21.6. The minimum Gasteiger partial charge on any atom is -0.491 e. The molecule has 0 saturated carbocycles. The van der Waals surface area contributed by atoms with E-state index in [2.05, 4.69) is 29.2 Å². The molecule has 0 aliphatic carbocycles. The number of likely N-dealkylation sites (tertiary alicyclic amines) is 1. The van der Waals surface area contributed by atoms with Gasteiger partial charge in [-0.05, 0) is 80.8 Å². The lowest BCUT2D eigenvalue weighted by molar-refractivity contribution is -0.113. The Balaban J connectivity index is 1.61. The van der Waals surface area contributed by atoms with Crippen LogP contribution in [0, 0.1) is 0 Å². The van der Waals surface area contributed by atoms with Crippen LogP contribution < -0.4 is 9.47 Å². The third kappa shape index (κ3) is 7.19. The van der Waals surface area contributed by atoms with Crippen LogP contribution in [0.5, 0.6) is 11.5 Å². The van der Waals surface area contributed by atoms with Crippen molar-refractivity contribution in [1.82, 2.24) is 4.90 Å². The Morgan fingerprint density at radius 3 is 1.56 bits per heavy atom. The summed E-state index contributed by atoms with van der Waals surface area (Å²) in [7, 11) is 0. The lowest BCUT2D eigenvalue weighted by Gasteiger charge is -2.30. The fourth-order valence-electron chi connectivity index (χ4n) is 4.30. The van der Waals surface area contributed by atoms with Gasteiger partial charge in [0.25, 0.3) is 0 Å². The van der Waals surface area contributed by atoms with Gasteiger partial charge in [0, 0.05) is 30.8 Å². The summed E-state index contributed by atoms with van der Waals surface area (Å²) >= 11 is 0. The second kappa shape index (κ2) is 11.9. The molecule has 186 valence electrons. The van der Waals surface area contributed by atoms with Crippen LogP contribution in [0.2, 0.25) is 0 Å². The predicted octanol–water partition coefficient (Wildman–Crippen LogP) is 6.81. The number of rotatable bonds is 8. The van der Waals surface area contributed by atoms with E-state index in [9.17, 15) is 4.79 Å². The van der Waals surface area contributed by atoms with Gasteiger partial charge >= 0.3 is 0 Å². The summed E-state index contributed by atoms with van der Waals surface area (Å²) in [6.45, 7) is 10.0. The van der Waals surface area contributed by atoms with Crippen LogP contribution in [0.25, 0.3) is 12.2 Å². The molecule has 0 bridgehead atoms. The summed E-state index contributed by atoms with van der Waals surface area (Å²) in [4.78, 5) is 15.9. The van der Waals surface area contributed by atoms with Crippen LogP contribution >= 0.6 is 0 Å². The van der Waals surface area contributed by atoms with Gasteiger partial charge in [0.15, 0.2) is 5.78 Å². The Kier molecular flexibility index (Phi) is 8.40. The van der Waals surface area contributed by atoms with Crippen LogP contribution in [-0.4, -0.2) is 36.0 Å². The standard InChI is InChI=1S/C32H35NO3/c1-23(2)35-30-14-10-25(11-15-30)18-28-21-33(20-27-8-6-5-7-9-27)22-29(32(28)34)19-26-12-16-31(17-13-26)36-24(3)4/h5-19,23-24H,20-22H2,1-4H3/b28-18+,29-19+. The first-order valence-electron chi connectivity index (χ1n) is 12.6. The highest BCUT2D eigenvalue weighted by atomic mass is 16.5. The minimum absolute atomic E-state index is 0.101. The van der Waals surface area contributed by atoms with Gasteiger partial charge in [-0.15, -0.1) is 0 Å². The van der Waals surface area contributed by atoms with Crippen molar-refractivity contribution in [3.8, 4) is 11.5 Å². The molecule has 1 saturated heterocycles. The molecule has 4 nitrogen and oxygen atoms in total. The van der Waals surface area contributed by atoms with Gasteiger partial charge in [-0.2, -0.15) is 0 Å². The molecule has 0 unspecified atom stereocenters. The molecule has 0 amide bonds. The number of benzene rings is 3. The van der Waals surface area contributed by atoms with Gasteiger partial charge < -0.3 is 9.47 Å². The van der Waals surface area contributed by atoms with Gasteiger partial charge in [-0.1, -0.05) is 54.6 Å². The number of hydrogen-bond donors (Lipinski definition) is 0. The van der Waals surface area contributed by atoms with Gasteiger partial charge in [-0.25, -0.2) is 0 Å². The van der Waals surface area contributed by atoms with Crippen LogP contribution in [0.4, 0.5) is 0 Å². The van der Waals surface area contributed by atoms with Crippen LogP contribution in [0.15, 0.2) is 90.0 Å². The van der Waals surface area contributed by atoms with Crippen LogP contribution in [-0.2, 0) is 11.3 Å². The zero-order chi connectivity index (χ0) is 25.5. The molecule has 4 rings (SSSR count). The predicted molar refractivity (Wildman–Crippen MR) is 147 cm³/mol. The third-order valence-corrected chi connectivity index (χ3v) is 5.81. The van der Waals surface area contributed by atoms with Gasteiger partial charge in [-0.3, -0.25) is 9.69 Å². The number of ketones is 1. The number of carbonyl (C=O) groups excluding carboxylic acids is 1. The lowest BCUT2D eigenvalue weighted by atomic mass is 9.94.